The van der Waals surface area contributed by atoms with Crippen molar-refractivity contribution in [1.82, 2.24) is 15.1 Å². The lowest BCUT2D eigenvalue weighted by Gasteiger charge is -2.31. The van der Waals surface area contributed by atoms with Gasteiger partial charge in [-0.25, -0.2) is 4.79 Å². The van der Waals surface area contributed by atoms with Gasteiger partial charge in [-0.1, -0.05) is 12.8 Å². The molecule has 0 bridgehead atoms. The molecule has 1 atom stereocenters. The third-order valence-electron chi connectivity index (χ3n) is 5.51. The van der Waals surface area contributed by atoms with Crippen molar-refractivity contribution in [3.05, 3.63) is 22.4 Å². The molecule has 2 aliphatic rings. The molecule has 2 amide bonds. The van der Waals surface area contributed by atoms with Gasteiger partial charge in [-0.05, 0) is 74.0 Å². The monoisotopic (exact) mass is 349 g/mol. The average Bonchev–Trinajstić information content (AvgIpc) is 3.26. The molecule has 0 unspecified atom stereocenters. The molecular formula is C19H31N3OS. The van der Waals surface area contributed by atoms with Gasteiger partial charge in [0.15, 0.2) is 0 Å². The van der Waals surface area contributed by atoms with Crippen LogP contribution in [0.3, 0.4) is 0 Å². The van der Waals surface area contributed by atoms with Gasteiger partial charge in [-0.15, -0.1) is 0 Å². The average molecular weight is 350 g/mol. The Hall–Kier alpha value is -1.07. The summed E-state index contributed by atoms with van der Waals surface area (Å²) in [5, 5.41) is 7.46. The first-order valence-electron chi connectivity index (χ1n) is 9.46. The predicted molar refractivity (Wildman–Crippen MR) is 100 cm³/mol. The Morgan fingerprint density at radius 1 is 1.33 bits per heavy atom. The third kappa shape index (κ3) is 4.96. The SMILES string of the molecule is CN1CCC[C@@H](CCNC(=O)N(Cc2ccsc2)C2CCCC2)C1. The first kappa shape index (κ1) is 17.7. The molecule has 1 saturated heterocycles. The highest BCUT2D eigenvalue weighted by Gasteiger charge is 2.27. The van der Waals surface area contributed by atoms with Gasteiger partial charge in [0, 0.05) is 25.7 Å². The summed E-state index contributed by atoms with van der Waals surface area (Å²) < 4.78 is 0. The van der Waals surface area contributed by atoms with Crippen LogP contribution in [0.15, 0.2) is 16.8 Å². The van der Waals surface area contributed by atoms with Crippen LogP contribution < -0.4 is 5.32 Å². The molecule has 1 aromatic heterocycles. The van der Waals surface area contributed by atoms with Gasteiger partial charge < -0.3 is 15.1 Å². The molecule has 2 fully saturated rings. The summed E-state index contributed by atoms with van der Waals surface area (Å²) in [6.07, 6.45) is 8.53. The zero-order chi connectivity index (χ0) is 16.8. The summed E-state index contributed by atoms with van der Waals surface area (Å²) >= 11 is 1.71. The van der Waals surface area contributed by atoms with Crippen molar-refractivity contribution in [3.8, 4) is 0 Å². The maximum atomic E-state index is 12.8. The second kappa shape index (κ2) is 8.86. The minimum Gasteiger partial charge on any atom is -0.338 e. The van der Waals surface area contributed by atoms with Gasteiger partial charge in [-0.2, -0.15) is 11.3 Å². The van der Waals surface area contributed by atoms with Crippen LogP contribution in [-0.4, -0.2) is 48.6 Å². The lowest BCUT2D eigenvalue weighted by molar-refractivity contribution is 0.167. The van der Waals surface area contributed by atoms with Crippen LogP contribution >= 0.6 is 11.3 Å². The fourth-order valence-electron chi connectivity index (χ4n) is 4.16. The lowest BCUT2D eigenvalue weighted by atomic mass is 9.95. The number of piperidine rings is 1. The summed E-state index contributed by atoms with van der Waals surface area (Å²) in [5.74, 6) is 0.737. The second-order valence-electron chi connectivity index (χ2n) is 7.49. The van der Waals surface area contributed by atoms with Crippen molar-refractivity contribution in [2.24, 2.45) is 5.92 Å². The first-order chi connectivity index (χ1) is 11.7. The molecule has 0 aromatic carbocycles. The number of nitrogens with one attached hydrogen (secondary N) is 1. The zero-order valence-corrected chi connectivity index (χ0v) is 15.7. The fourth-order valence-corrected chi connectivity index (χ4v) is 4.82. The van der Waals surface area contributed by atoms with Gasteiger partial charge in [0.05, 0.1) is 0 Å². The van der Waals surface area contributed by atoms with Gasteiger partial charge in [0.2, 0.25) is 0 Å². The van der Waals surface area contributed by atoms with Gasteiger partial charge in [0.25, 0.3) is 0 Å². The van der Waals surface area contributed by atoms with E-state index in [9.17, 15) is 4.79 Å². The van der Waals surface area contributed by atoms with E-state index in [1.807, 2.05) is 0 Å². The topological polar surface area (TPSA) is 35.6 Å². The van der Waals surface area contributed by atoms with Gasteiger partial charge in [-0.3, -0.25) is 0 Å². The molecule has 5 heteroatoms. The van der Waals surface area contributed by atoms with Gasteiger partial charge in [0.1, 0.15) is 0 Å². The molecule has 0 spiro atoms. The summed E-state index contributed by atoms with van der Waals surface area (Å²) in [5.41, 5.74) is 1.26. The number of nitrogens with zero attached hydrogens (tertiary/aromatic N) is 2. The maximum absolute atomic E-state index is 12.8. The summed E-state index contributed by atoms with van der Waals surface area (Å²) in [6.45, 7) is 3.96. The second-order valence-corrected chi connectivity index (χ2v) is 8.27. The standard InChI is InChI=1S/C19H31N3OS/c1-21-11-4-5-16(13-21)8-10-20-19(23)22(18-6-2-3-7-18)14-17-9-12-24-15-17/h9,12,15-16,18H,2-8,10-11,13-14H2,1H3,(H,20,23)/t16-/m0/s1. The van der Waals surface area contributed by atoms with Crippen molar-refractivity contribution in [1.29, 1.82) is 0 Å². The molecule has 0 radical (unpaired) electrons. The molecule has 24 heavy (non-hydrogen) atoms. The van der Waals surface area contributed by atoms with Crippen LogP contribution in [0.25, 0.3) is 0 Å². The van der Waals surface area contributed by atoms with E-state index in [-0.39, 0.29) is 6.03 Å². The van der Waals surface area contributed by atoms with Crippen LogP contribution in [0.4, 0.5) is 4.79 Å². The number of thiophene rings is 1. The molecule has 1 aliphatic carbocycles. The number of likely N-dealkylation sites (tertiary alicyclic amines) is 1. The van der Waals surface area contributed by atoms with Crippen LogP contribution in [0, 0.1) is 5.92 Å². The Labute approximate surface area is 150 Å². The molecule has 3 rings (SSSR count). The quantitative estimate of drug-likeness (QED) is 0.844. The maximum Gasteiger partial charge on any atom is 0.317 e. The molecule has 1 aliphatic heterocycles. The van der Waals surface area contributed by atoms with Crippen LogP contribution in [-0.2, 0) is 6.54 Å². The van der Waals surface area contributed by atoms with Crippen molar-refractivity contribution >= 4 is 17.4 Å². The largest absolute Gasteiger partial charge is 0.338 e. The Morgan fingerprint density at radius 2 is 2.17 bits per heavy atom. The molecule has 2 heterocycles. The minimum absolute atomic E-state index is 0.136. The first-order valence-corrected chi connectivity index (χ1v) is 10.4. The molecule has 1 N–H and O–H groups in total. The number of amides is 2. The number of carbonyl (C=O) groups is 1. The molecule has 4 nitrogen and oxygen atoms in total. The molecule has 134 valence electrons. The number of urea groups is 1. The van der Waals surface area contributed by atoms with Crippen molar-refractivity contribution in [2.75, 3.05) is 26.7 Å². The van der Waals surface area contributed by atoms with E-state index in [2.05, 4.69) is 39.0 Å². The molecular weight excluding hydrogens is 318 g/mol. The Morgan fingerprint density at radius 3 is 2.88 bits per heavy atom. The lowest BCUT2D eigenvalue weighted by Crippen LogP contribution is -2.45. The van der Waals surface area contributed by atoms with E-state index < -0.39 is 0 Å². The zero-order valence-electron chi connectivity index (χ0n) is 14.9. The molecule has 1 saturated carbocycles. The Kier molecular flexibility index (Phi) is 6.55. The molecule has 1 aromatic rings. The highest BCUT2D eigenvalue weighted by molar-refractivity contribution is 7.07. The van der Waals surface area contributed by atoms with E-state index in [0.717, 1.165) is 38.3 Å². The van der Waals surface area contributed by atoms with Crippen molar-refractivity contribution in [2.45, 2.75) is 57.5 Å². The number of carbonyl (C=O) groups excluding carboxylic acids is 1. The highest BCUT2D eigenvalue weighted by atomic mass is 32.1. The van der Waals surface area contributed by atoms with Crippen LogP contribution in [0.5, 0.6) is 0 Å². The fraction of sp³-hybridized carbons (Fsp3) is 0.737. The highest BCUT2D eigenvalue weighted by Crippen LogP contribution is 2.25. The smallest absolute Gasteiger partial charge is 0.317 e. The van der Waals surface area contributed by atoms with E-state index in [1.54, 1.807) is 11.3 Å². The van der Waals surface area contributed by atoms with Crippen molar-refractivity contribution < 1.29 is 4.79 Å². The van der Waals surface area contributed by atoms with Crippen LogP contribution in [0.1, 0.15) is 50.5 Å². The van der Waals surface area contributed by atoms with Crippen molar-refractivity contribution in [3.63, 3.8) is 0 Å². The Bertz CT molecular complexity index is 499. The number of rotatable bonds is 6. The summed E-state index contributed by atoms with van der Waals surface area (Å²) in [7, 11) is 2.20. The summed E-state index contributed by atoms with van der Waals surface area (Å²) in [6, 6.07) is 2.69. The van der Waals surface area contributed by atoms with E-state index in [4.69, 9.17) is 0 Å². The minimum atomic E-state index is 0.136. The predicted octanol–water partition coefficient (Wildman–Crippen LogP) is 3.93. The van der Waals surface area contributed by atoms with E-state index >= 15 is 0 Å². The third-order valence-corrected chi connectivity index (χ3v) is 6.24. The van der Waals surface area contributed by atoms with Gasteiger partial charge >= 0.3 is 6.03 Å². The summed E-state index contributed by atoms with van der Waals surface area (Å²) in [4.78, 5) is 17.3. The van der Waals surface area contributed by atoms with Crippen LogP contribution in [0.2, 0.25) is 0 Å². The number of hydrogen-bond donors (Lipinski definition) is 1. The Balaban J connectivity index is 1.49. The normalized spacial score (nSPS) is 22.6. The number of hydrogen-bond acceptors (Lipinski definition) is 3. The van der Waals surface area contributed by atoms with E-state index in [1.165, 1.54) is 44.3 Å². The van der Waals surface area contributed by atoms with E-state index in [0.29, 0.717) is 6.04 Å².